The van der Waals surface area contributed by atoms with Crippen molar-refractivity contribution in [2.45, 2.75) is 32.5 Å². The first-order chi connectivity index (χ1) is 4.66. The van der Waals surface area contributed by atoms with Gasteiger partial charge in [0, 0.05) is 20.5 Å². The first kappa shape index (κ1) is 7.61. The minimum Gasteiger partial charge on any atom is -0.468 e. The summed E-state index contributed by atoms with van der Waals surface area (Å²) >= 11 is 0. The second-order valence-corrected chi connectivity index (χ2v) is 2.79. The molecular formula is C8H14O2. The zero-order chi connectivity index (χ0) is 7.61. The molecule has 0 spiro atoms. The molecule has 0 aliphatic carbocycles. The van der Waals surface area contributed by atoms with Gasteiger partial charge in [-0.2, -0.15) is 0 Å². The van der Waals surface area contributed by atoms with Crippen LogP contribution in [-0.2, 0) is 9.47 Å². The molecule has 0 radical (unpaired) electrons. The van der Waals surface area contributed by atoms with E-state index >= 15 is 0 Å². The number of rotatable bonds is 1. The van der Waals surface area contributed by atoms with E-state index in [-0.39, 0.29) is 5.79 Å². The van der Waals surface area contributed by atoms with Crippen molar-refractivity contribution in [2.75, 3.05) is 7.11 Å². The van der Waals surface area contributed by atoms with E-state index in [0.29, 0.717) is 0 Å². The van der Waals surface area contributed by atoms with Gasteiger partial charge in [-0.05, 0) is 19.4 Å². The largest absolute Gasteiger partial charge is 0.468 e. The van der Waals surface area contributed by atoms with Gasteiger partial charge in [-0.15, -0.1) is 0 Å². The van der Waals surface area contributed by atoms with Crippen LogP contribution in [0.2, 0.25) is 0 Å². The maximum Gasteiger partial charge on any atom is 0.207 e. The Labute approximate surface area is 61.8 Å². The Morgan fingerprint density at radius 1 is 1.70 bits per heavy atom. The van der Waals surface area contributed by atoms with Crippen LogP contribution in [-0.4, -0.2) is 12.9 Å². The molecular weight excluding hydrogens is 128 g/mol. The Bertz CT molecular complexity index is 151. The summed E-state index contributed by atoms with van der Waals surface area (Å²) in [7, 11) is 1.68. The first-order valence-electron chi connectivity index (χ1n) is 3.57. The van der Waals surface area contributed by atoms with Crippen LogP contribution in [0.25, 0.3) is 0 Å². The van der Waals surface area contributed by atoms with Crippen molar-refractivity contribution >= 4 is 0 Å². The van der Waals surface area contributed by atoms with Crippen LogP contribution in [0.4, 0.5) is 0 Å². The SMILES string of the molecule is CO[C@@]1(C)CCC=C(C)O1. The van der Waals surface area contributed by atoms with Crippen LogP contribution in [0, 0.1) is 0 Å². The van der Waals surface area contributed by atoms with Crippen LogP contribution in [0.1, 0.15) is 26.7 Å². The highest BCUT2D eigenvalue weighted by molar-refractivity contribution is 4.95. The van der Waals surface area contributed by atoms with E-state index in [1.807, 2.05) is 13.8 Å². The summed E-state index contributed by atoms with van der Waals surface area (Å²) in [6.07, 6.45) is 4.08. The molecule has 0 saturated carbocycles. The molecule has 1 rings (SSSR count). The van der Waals surface area contributed by atoms with Crippen LogP contribution < -0.4 is 0 Å². The molecule has 0 amide bonds. The smallest absolute Gasteiger partial charge is 0.207 e. The minimum absolute atomic E-state index is 0.376. The van der Waals surface area contributed by atoms with E-state index in [4.69, 9.17) is 9.47 Å². The molecule has 0 aromatic carbocycles. The average molecular weight is 142 g/mol. The van der Waals surface area contributed by atoms with E-state index < -0.39 is 0 Å². The Kier molecular flexibility index (Phi) is 2.00. The molecule has 2 heteroatoms. The van der Waals surface area contributed by atoms with Gasteiger partial charge in [-0.1, -0.05) is 0 Å². The second-order valence-electron chi connectivity index (χ2n) is 2.79. The summed E-state index contributed by atoms with van der Waals surface area (Å²) in [5, 5.41) is 0. The van der Waals surface area contributed by atoms with Crippen LogP contribution in [0.15, 0.2) is 11.8 Å². The maximum atomic E-state index is 5.46. The monoisotopic (exact) mass is 142 g/mol. The lowest BCUT2D eigenvalue weighted by Crippen LogP contribution is -2.32. The fourth-order valence-corrected chi connectivity index (χ4v) is 1.11. The topological polar surface area (TPSA) is 18.5 Å². The zero-order valence-corrected chi connectivity index (χ0v) is 6.81. The summed E-state index contributed by atoms with van der Waals surface area (Å²) < 4.78 is 10.6. The van der Waals surface area contributed by atoms with Gasteiger partial charge in [0.2, 0.25) is 5.79 Å². The second kappa shape index (κ2) is 2.62. The normalized spacial score (nSPS) is 32.9. The highest BCUT2D eigenvalue weighted by Crippen LogP contribution is 2.26. The van der Waals surface area contributed by atoms with Crippen molar-refractivity contribution in [3.8, 4) is 0 Å². The van der Waals surface area contributed by atoms with Gasteiger partial charge in [0.05, 0.1) is 5.76 Å². The molecule has 0 saturated heterocycles. The highest BCUT2D eigenvalue weighted by Gasteiger charge is 2.27. The first-order valence-corrected chi connectivity index (χ1v) is 3.57. The third kappa shape index (κ3) is 1.51. The van der Waals surface area contributed by atoms with E-state index in [0.717, 1.165) is 18.6 Å². The van der Waals surface area contributed by atoms with Gasteiger partial charge in [0.25, 0.3) is 0 Å². The lowest BCUT2D eigenvalue weighted by molar-refractivity contribution is -0.194. The van der Waals surface area contributed by atoms with Gasteiger partial charge in [-0.3, -0.25) is 0 Å². The summed E-state index contributed by atoms with van der Waals surface area (Å²) in [4.78, 5) is 0. The quantitative estimate of drug-likeness (QED) is 0.558. The fraction of sp³-hybridized carbons (Fsp3) is 0.750. The van der Waals surface area contributed by atoms with Gasteiger partial charge < -0.3 is 9.47 Å². The average Bonchev–Trinajstić information content (AvgIpc) is 1.88. The van der Waals surface area contributed by atoms with Crippen molar-refractivity contribution in [2.24, 2.45) is 0 Å². The van der Waals surface area contributed by atoms with Crippen LogP contribution >= 0.6 is 0 Å². The van der Waals surface area contributed by atoms with Crippen molar-refractivity contribution in [3.63, 3.8) is 0 Å². The van der Waals surface area contributed by atoms with Gasteiger partial charge >= 0.3 is 0 Å². The molecule has 0 N–H and O–H groups in total. The zero-order valence-electron chi connectivity index (χ0n) is 6.81. The fourth-order valence-electron chi connectivity index (χ4n) is 1.11. The van der Waals surface area contributed by atoms with E-state index in [2.05, 4.69) is 6.08 Å². The molecule has 10 heavy (non-hydrogen) atoms. The number of hydrogen-bond acceptors (Lipinski definition) is 2. The Morgan fingerprint density at radius 2 is 2.40 bits per heavy atom. The highest BCUT2D eigenvalue weighted by atomic mass is 16.7. The third-order valence-electron chi connectivity index (χ3n) is 1.84. The van der Waals surface area contributed by atoms with Crippen molar-refractivity contribution in [1.29, 1.82) is 0 Å². The molecule has 1 atom stereocenters. The van der Waals surface area contributed by atoms with Crippen LogP contribution in [0.3, 0.4) is 0 Å². The number of allylic oxidation sites excluding steroid dienone is 2. The predicted octanol–water partition coefficient (Wildman–Crippen LogP) is 2.06. The molecule has 58 valence electrons. The van der Waals surface area contributed by atoms with Crippen molar-refractivity contribution in [1.82, 2.24) is 0 Å². The molecule has 1 heterocycles. The van der Waals surface area contributed by atoms with Gasteiger partial charge in [0.15, 0.2) is 0 Å². The molecule has 0 unspecified atom stereocenters. The van der Waals surface area contributed by atoms with Crippen molar-refractivity contribution < 1.29 is 9.47 Å². The Hall–Kier alpha value is -0.500. The lowest BCUT2D eigenvalue weighted by atomic mass is 10.1. The Balaban J connectivity index is 2.60. The van der Waals surface area contributed by atoms with E-state index in [1.165, 1.54) is 0 Å². The summed E-state index contributed by atoms with van der Waals surface area (Å²) in [5.74, 6) is 0.592. The van der Waals surface area contributed by atoms with Gasteiger partial charge in [-0.25, -0.2) is 0 Å². The van der Waals surface area contributed by atoms with E-state index in [1.54, 1.807) is 7.11 Å². The molecule has 0 fully saturated rings. The molecule has 0 aromatic rings. The Morgan fingerprint density at radius 3 is 2.80 bits per heavy atom. The third-order valence-corrected chi connectivity index (χ3v) is 1.84. The molecule has 2 nitrogen and oxygen atoms in total. The predicted molar refractivity (Wildman–Crippen MR) is 39.5 cm³/mol. The van der Waals surface area contributed by atoms with Crippen molar-refractivity contribution in [3.05, 3.63) is 11.8 Å². The number of methoxy groups -OCH3 is 1. The lowest BCUT2D eigenvalue weighted by Gasteiger charge is -2.32. The molecule has 1 aliphatic heterocycles. The summed E-state index contributed by atoms with van der Waals surface area (Å²) in [5.41, 5.74) is 0. The number of hydrogen-bond donors (Lipinski definition) is 0. The number of ether oxygens (including phenoxy) is 2. The van der Waals surface area contributed by atoms with Crippen LogP contribution in [0.5, 0.6) is 0 Å². The van der Waals surface area contributed by atoms with Gasteiger partial charge in [0.1, 0.15) is 0 Å². The molecule has 1 aliphatic rings. The standard InChI is InChI=1S/C8H14O2/c1-7-5-4-6-8(2,9-3)10-7/h5H,4,6H2,1-3H3/t8-/m1/s1. The molecule has 0 bridgehead atoms. The molecule has 0 aromatic heterocycles. The minimum atomic E-state index is -0.376. The summed E-state index contributed by atoms with van der Waals surface area (Å²) in [6, 6.07) is 0. The summed E-state index contributed by atoms with van der Waals surface area (Å²) in [6.45, 7) is 3.92. The maximum absolute atomic E-state index is 5.46. The van der Waals surface area contributed by atoms with E-state index in [9.17, 15) is 0 Å².